The van der Waals surface area contributed by atoms with Gasteiger partial charge in [-0.2, -0.15) is 5.10 Å². The molecule has 1 fully saturated rings. The van der Waals surface area contributed by atoms with E-state index in [1.54, 1.807) is 23.7 Å². The second-order valence-electron chi connectivity index (χ2n) is 10.1. The molecule has 1 aromatic carbocycles. The summed E-state index contributed by atoms with van der Waals surface area (Å²) >= 11 is 0. The Morgan fingerprint density at radius 1 is 1.13 bits per heavy atom. The monoisotopic (exact) mass is 523 g/mol. The topological polar surface area (TPSA) is 133 Å². The van der Waals surface area contributed by atoms with Crippen LogP contribution in [0.5, 0.6) is 0 Å². The molecule has 11 heteroatoms. The normalized spacial score (nSPS) is 15.7. The number of nitrogens with one attached hydrogen (secondary N) is 3. The predicted octanol–water partition coefficient (Wildman–Crippen LogP) is 3.96. The summed E-state index contributed by atoms with van der Waals surface area (Å²) in [5.41, 5.74) is 6.44. The summed E-state index contributed by atoms with van der Waals surface area (Å²) in [5.74, 6) is -0.515. The van der Waals surface area contributed by atoms with Gasteiger partial charge < -0.3 is 10.6 Å². The number of aromatic nitrogens is 6. The van der Waals surface area contributed by atoms with E-state index in [0.29, 0.717) is 35.2 Å². The zero-order chi connectivity index (χ0) is 27.1. The van der Waals surface area contributed by atoms with Crippen LogP contribution in [-0.2, 0) is 4.79 Å². The summed E-state index contributed by atoms with van der Waals surface area (Å²) < 4.78 is 1.60. The third-order valence-corrected chi connectivity index (χ3v) is 7.41. The number of rotatable bonds is 6. The van der Waals surface area contributed by atoms with Crippen molar-refractivity contribution in [2.24, 2.45) is 0 Å². The average molecular weight is 524 g/mol. The molecule has 1 aliphatic rings. The summed E-state index contributed by atoms with van der Waals surface area (Å²) in [6.07, 6.45) is 7.47. The van der Waals surface area contributed by atoms with Crippen LogP contribution >= 0.6 is 0 Å². The van der Waals surface area contributed by atoms with E-state index in [2.05, 4.69) is 48.0 Å². The number of benzene rings is 1. The maximum Gasteiger partial charge on any atom is 0.278 e. The van der Waals surface area contributed by atoms with Crippen molar-refractivity contribution in [3.05, 3.63) is 65.9 Å². The van der Waals surface area contributed by atoms with E-state index in [4.69, 9.17) is 0 Å². The molecule has 2 amide bonds. The van der Waals surface area contributed by atoms with Crippen LogP contribution < -0.4 is 10.6 Å². The van der Waals surface area contributed by atoms with Gasteiger partial charge >= 0.3 is 0 Å². The van der Waals surface area contributed by atoms with Gasteiger partial charge in [0, 0.05) is 23.2 Å². The van der Waals surface area contributed by atoms with Crippen LogP contribution in [0.3, 0.4) is 0 Å². The van der Waals surface area contributed by atoms with Crippen LogP contribution in [-0.4, -0.2) is 65.9 Å². The fourth-order valence-electron chi connectivity index (χ4n) is 5.24. The fraction of sp³-hybridized carbons (Fsp3) is 0.286. The number of hydrogen-bond acceptors (Lipinski definition) is 7. The molecule has 11 nitrogen and oxygen atoms in total. The summed E-state index contributed by atoms with van der Waals surface area (Å²) in [4.78, 5) is 32.3. The van der Waals surface area contributed by atoms with E-state index < -0.39 is 5.91 Å². The van der Waals surface area contributed by atoms with Crippen LogP contribution in [0.25, 0.3) is 27.5 Å². The van der Waals surface area contributed by atoms with Gasteiger partial charge in [0.1, 0.15) is 0 Å². The van der Waals surface area contributed by atoms with E-state index in [1.807, 2.05) is 43.6 Å². The standard InChI is InChI=1S/C28H29N9O2/c1-16-6-8-22-21(13-30-33-22)26(16)19-7-9-24-27(34-35-37(24)14-19)28(39)32-23-11-20(12-29-18(23)3)31-25(38)15-36-10-4-5-17(36)2/h6-9,11-14,17H,4-5,10,15H2,1-3H3,(H,30,33)(H,31,38)(H,32,39)/t17-/m0/s1. The number of carbonyl (C=O) groups excluding carboxylic acids is 2. The minimum Gasteiger partial charge on any atom is -0.324 e. The van der Waals surface area contributed by atoms with Crippen molar-refractivity contribution in [3.8, 4) is 11.1 Å². The molecule has 1 aliphatic heterocycles. The number of pyridine rings is 2. The lowest BCUT2D eigenvalue weighted by Crippen LogP contribution is -2.35. The SMILES string of the molecule is Cc1ccc2[nH]ncc2c1-c1ccc2c(C(=O)Nc3cc(NC(=O)CN4CCC[C@@H]4C)cnc3C)nnn2c1. The molecule has 5 aromatic rings. The van der Waals surface area contributed by atoms with Crippen LogP contribution in [0.1, 0.15) is 41.5 Å². The second kappa shape index (κ2) is 9.91. The number of H-pyrrole nitrogens is 1. The average Bonchev–Trinajstić information content (AvgIpc) is 3.65. The molecule has 0 saturated carbocycles. The molecule has 0 unspecified atom stereocenters. The number of likely N-dealkylation sites (tertiary alicyclic amines) is 1. The maximum atomic E-state index is 13.2. The quantitative estimate of drug-likeness (QED) is 0.307. The molecule has 5 heterocycles. The molecule has 4 aromatic heterocycles. The number of aromatic amines is 1. The molecular weight excluding hydrogens is 494 g/mol. The van der Waals surface area contributed by atoms with Crippen LogP contribution in [0, 0.1) is 13.8 Å². The van der Waals surface area contributed by atoms with Gasteiger partial charge in [0.05, 0.1) is 47.0 Å². The lowest BCUT2D eigenvalue weighted by molar-refractivity contribution is -0.117. The Hall–Kier alpha value is -4.64. The predicted molar refractivity (Wildman–Crippen MR) is 149 cm³/mol. The van der Waals surface area contributed by atoms with Crippen molar-refractivity contribution in [1.29, 1.82) is 0 Å². The van der Waals surface area contributed by atoms with Crippen molar-refractivity contribution >= 4 is 39.6 Å². The Labute approximate surface area is 224 Å². The first-order chi connectivity index (χ1) is 18.9. The van der Waals surface area contributed by atoms with Crippen LogP contribution in [0.2, 0.25) is 0 Å². The smallest absolute Gasteiger partial charge is 0.278 e. The van der Waals surface area contributed by atoms with Crippen molar-refractivity contribution in [2.75, 3.05) is 23.7 Å². The van der Waals surface area contributed by atoms with Gasteiger partial charge in [0.15, 0.2) is 5.69 Å². The van der Waals surface area contributed by atoms with Gasteiger partial charge in [0.25, 0.3) is 5.91 Å². The first kappa shape index (κ1) is 24.7. The van der Waals surface area contributed by atoms with Crippen molar-refractivity contribution in [1.82, 2.24) is 34.9 Å². The third-order valence-electron chi connectivity index (χ3n) is 7.41. The Morgan fingerprint density at radius 3 is 2.82 bits per heavy atom. The number of anilines is 2. The maximum absolute atomic E-state index is 13.2. The molecule has 0 radical (unpaired) electrons. The van der Waals surface area contributed by atoms with Crippen LogP contribution in [0.4, 0.5) is 11.4 Å². The summed E-state index contributed by atoms with van der Waals surface area (Å²) in [6.45, 7) is 7.24. The van der Waals surface area contributed by atoms with E-state index in [1.165, 1.54) is 0 Å². The zero-order valence-electron chi connectivity index (χ0n) is 22.0. The highest BCUT2D eigenvalue weighted by molar-refractivity contribution is 6.08. The highest BCUT2D eigenvalue weighted by Gasteiger charge is 2.23. The molecule has 0 aliphatic carbocycles. The summed E-state index contributed by atoms with van der Waals surface area (Å²) in [7, 11) is 0. The van der Waals surface area contributed by atoms with E-state index >= 15 is 0 Å². The summed E-state index contributed by atoms with van der Waals surface area (Å²) in [5, 5.41) is 22.3. The molecule has 3 N–H and O–H groups in total. The van der Waals surface area contributed by atoms with E-state index in [9.17, 15) is 9.59 Å². The molecule has 1 atom stereocenters. The minimum absolute atomic E-state index is 0.104. The number of amides is 2. The first-order valence-electron chi connectivity index (χ1n) is 13.0. The lowest BCUT2D eigenvalue weighted by Gasteiger charge is -2.20. The molecule has 39 heavy (non-hydrogen) atoms. The Kier molecular flexibility index (Phi) is 6.27. The number of hydrogen-bond donors (Lipinski definition) is 3. The first-order valence-corrected chi connectivity index (χ1v) is 13.0. The third kappa shape index (κ3) is 4.72. The lowest BCUT2D eigenvalue weighted by atomic mass is 9.98. The van der Waals surface area contributed by atoms with Gasteiger partial charge in [-0.15, -0.1) is 5.10 Å². The van der Waals surface area contributed by atoms with Gasteiger partial charge in [-0.3, -0.25) is 24.6 Å². The van der Waals surface area contributed by atoms with Gasteiger partial charge in [-0.25, -0.2) is 4.52 Å². The minimum atomic E-state index is -0.412. The number of nitrogens with zero attached hydrogens (tertiary/aromatic N) is 6. The van der Waals surface area contributed by atoms with E-state index in [-0.39, 0.29) is 11.6 Å². The van der Waals surface area contributed by atoms with Gasteiger partial charge in [-0.05, 0) is 69.5 Å². The Balaban J connectivity index is 1.21. The number of carbonyl (C=O) groups is 2. The zero-order valence-corrected chi connectivity index (χ0v) is 22.0. The fourth-order valence-corrected chi connectivity index (χ4v) is 5.24. The molecule has 1 saturated heterocycles. The van der Waals surface area contributed by atoms with Crippen molar-refractivity contribution < 1.29 is 9.59 Å². The molecule has 198 valence electrons. The van der Waals surface area contributed by atoms with Gasteiger partial charge in [-0.1, -0.05) is 17.3 Å². The highest BCUT2D eigenvalue weighted by atomic mass is 16.2. The van der Waals surface area contributed by atoms with E-state index in [0.717, 1.165) is 47.0 Å². The Morgan fingerprint density at radius 2 is 2.00 bits per heavy atom. The van der Waals surface area contributed by atoms with Crippen molar-refractivity contribution in [3.63, 3.8) is 0 Å². The second-order valence-corrected chi connectivity index (χ2v) is 10.1. The van der Waals surface area contributed by atoms with Gasteiger partial charge in [0.2, 0.25) is 5.91 Å². The molecule has 0 bridgehead atoms. The summed E-state index contributed by atoms with van der Waals surface area (Å²) in [6, 6.07) is 9.95. The number of fused-ring (bicyclic) bond motifs is 2. The molecule has 0 spiro atoms. The Bertz CT molecular complexity index is 1720. The number of aryl methyl sites for hydroxylation is 2. The molecular formula is C28H29N9O2. The van der Waals surface area contributed by atoms with Crippen molar-refractivity contribution in [2.45, 2.75) is 39.7 Å². The molecule has 6 rings (SSSR count). The largest absolute Gasteiger partial charge is 0.324 e. The highest BCUT2D eigenvalue weighted by Crippen LogP contribution is 2.31. The van der Waals surface area contributed by atoms with Crippen LogP contribution in [0.15, 0.2) is 48.9 Å².